The van der Waals surface area contributed by atoms with Crippen molar-refractivity contribution in [3.8, 4) is 0 Å². The maximum Gasteiger partial charge on any atom is 0.220 e. The fraction of sp³-hybridized carbons (Fsp3) is 0.667. The van der Waals surface area contributed by atoms with Gasteiger partial charge in [0.2, 0.25) is 5.91 Å². The van der Waals surface area contributed by atoms with Crippen LogP contribution in [0.25, 0.3) is 11.0 Å². The number of rotatable bonds is 6. The lowest BCUT2D eigenvalue weighted by atomic mass is 9.57. The molecule has 0 atom stereocenters. The molecule has 0 unspecified atom stereocenters. The summed E-state index contributed by atoms with van der Waals surface area (Å²) in [6.07, 6.45) is 10.4. The number of fused-ring (bicyclic) bond motifs is 5. The largest absolute Gasteiger partial charge is 0.366 e. The van der Waals surface area contributed by atoms with Crippen molar-refractivity contribution in [2.75, 3.05) is 11.4 Å². The molecule has 39 heavy (non-hydrogen) atoms. The Morgan fingerprint density at radius 3 is 2.62 bits per heavy atom. The van der Waals surface area contributed by atoms with Crippen molar-refractivity contribution >= 4 is 22.6 Å². The molecule has 3 aromatic heterocycles. The topological polar surface area (TPSA) is 80.9 Å². The summed E-state index contributed by atoms with van der Waals surface area (Å²) in [5.41, 5.74) is 7.28. The summed E-state index contributed by atoms with van der Waals surface area (Å²) in [6.45, 7) is 7.01. The van der Waals surface area contributed by atoms with Crippen molar-refractivity contribution in [2.24, 2.45) is 18.4 Å². The van der Waals surface area contributed by atoms with Crippen LogP contribution in [0.3, 0.4) is 0 Å². The van der Waals surface area contributed by atoms with E-state index >= 15 is 0 Å². The predicted octanol–water partition coefficient (Wildman–Crippen LogP) is 4.69. The molecule has 3 aromatic rings. The Hall–Kier alpha value is -2.97. The normalized spacial score (nSPS) is 29.9. The average Bonchev–Trinajstić information content (AvgIpc) is 3.42. The fourth-order valence-corrected chi connectivity index (χ4v) is 7.92. The second kappa shape index (κ2) is 9.03. The van der Waals surface area contributed by atoms with Crippen molar-refractivity contribution in [3.05, 3.63) is 34.9 Å². The molecule has 0 aromatic carbocycles. The smallest absolute Gasteiger partial charge is 0.220 e. The van der Waals surface area contributed by atoms with Crippen LogP contribution in [0.4, 0.5) is 10.1 Å². The highest BCUT2D eigenvalue weighted by Crippen LogP contribution is 2.53. The first-order valence-electron chi connectivity index (χ1n) is 14.8. The molecular weight excluding hydrogens is 493 g/mol. The van der Waals surface area contributed by atoms with Gasteiger partial charge in [-0.2, -0.15) is 10.2 Å². The molecule has 2 bridgehead atoms. The van der Waals surface area contributed by atoms with Crippen LogP contribution in [-0.4, -0.2) is 48.7 Å². The number of hydrogen-bond acceptors (Lipinski definition) is 5. The third kappa shape index (κ3) is 4.32. The molecule has 1 N–H and O–H groups in total. The summed E-state index contributed by atoms with van der Waals surface area (Å²) >= 11 is 0. The van der Waals surface area contributed by atoms with Gasteiger partial charge in [0.1, 0.15) is 6.17 Å². The van der Waals surface area contributed by atoms with Crippen LogP contribution in [0, 0.1) is 25.2 Å². The summed E-state index contributed by atoms with van der Waals surface area (Å²) in [5.74, 6) is 0.376. The molecule has 208 valence electrons. The zero-order valence-electron chi connectivity index (χ0n) is 23.5. The number of pyridine rings is 1. The van der Waals surface area contributed by atoms with E-state index < -0.39 is 6.17 Å². The van der Waals surface area contributed by atoms with Crippen LogP contribution in [0.5, 0.6) is 0 Å². The Morgan fingerprint density at radius 2 is 1.90 bits per heavy atom. The number of carbonyl (C=O) groups is 1. The van der Waals surface area contributed by atoms with Crippen molar-refractivity contribution in [1.82, 2.24) is 29.9 Å². The summed E-state index contributed by atoms with van der Waals surface area (Å²) in [7, 11) is 1.95. The molecule has 0 saturated heterocycles. The molecule has 5 aliphatic rings. The van der Waals surface area contributed by atoms with Crippen molar-refractivity contribution < 1.29 is 9.18 Å². The molecule has 1 amide bonds. The lowest BCUT2D eigenvalue weighted by Crippen LogP contribution is -2.57. The molecule has 8 nitrogen and oxygen atoms in total. The number of nitrogens with zero attached hydrogens (tertiary/aromatic N) is 6. The summed E-state index contributed by atoms with van der Waals surface area (Å²) in [5, 5.41) is 14.1. The number of aromatic nitrogens is 5. The van der Waals surface area contributed by atoms with Gasteiger partial charge in [0, 0.05) is 62.0 Å². The molecule has 0 spiro atoms. The van der Waals surface area contributed by atoms with Crippen LogP contribution < -0.4 is 10.2 Å². The molecule has 0 radical (unpaired) electrons. The second-order valence-electron chi connectivity index (χ2n) is 13.1. The first-order chi connectivity index (χ1) is 18.7. The quantitative estimate of drug-likeness (QED) is 0.497. The Labute approximate surface area is 229 Å². The molecule has 4 saturated carbocycles. The summed E-state index contributed by atoms with van der Waals surface area (Å²) < 4.78 is 17.4. The SMILES string of the molecule is Cc1cc(N2CCc3c(c(C)nn3CC34CCC(NC(=O)CC5CC(F)C5)(CC3)CC4)C2)c2cnn(C)c2n1. The minimum atomic E-state index is -0.692. The number of aryl methyl sites for hydroxylation is 3. The van der Waals surface area contributed by atoms with Crippen molar-refractivity contribution in [1.29, 1.82) is 0 Å². The maximum atomic E-state index is 13.2. The van der Waals surface area contributed by atoms with E-state index in [1.54, 1.807) is 0 Å². The fourth-order valence-electron chi connectivity index (χ4n) is 7.92. The van der Waals surface area contributed by atoms with Gasteiger partial charge in [-0.25, -0.2) is 9.37 Å². The first-order valence-corrected chi connectivity index (χ1v) is 14.8. The van der Waals surface area contributed by atoms with Gasteiger partial charge in [-0.05, 0) is 82.6 Å². The molecule has 4 aliphatic carbocycles. The Morgan fingerprint density at radius 1 is 1.15 bits per heavy atom. The Balaban J connectivity index is 1.04. The van der Waals surface area contributed by atoms with Gasteiger partial charge in [-0.3, -0.25) is 14.2 Å². The zero-order valence-corrected chi connectivity index (χ0v) is 23.5. The number of alkyl halides is 1. The third-order valence-electron chi connectivity index (χ3n) is 10.4. The van der Waals surface area contributed by atoms with Crippen molar-refractivity contribution in [2.45, 2.75) is 103 Å². The molecule has 4 heterocycles. The lowest BCUT2D eigenvalue weighted by molar-refractivity contribution is -0.127. The van der Waals surface area contributed by atoms with E-state index in [0.717, 1.165) is 87.0 Å². The van der Waals surface area contributed by atoms with Crippen LogP contribution in [-0.2, 0) is 31.4 Å². The van der Waals surface area contributed by atoms with E-state index in [9.17, 15) is 9.18 Å². The minimum absolute atomic E-state index is 0.0437. The van der Waals surface area contributed by atoms with Gasteiger partial charge >= 0.3 is 0 Å². The number of amides is 1. The summed E-state index contributed by atoms with van der Waals surface area (Å²) in [6, 6.07) is 2.19. The number of carbonyl (C=O) groups excluding carboxylic acids is 1. The molecule has 9 heteroatoms. The van der Waals surface area contributed by atoms with E-state index in [4.69, 9.17) is 10.1 Å². The highest BCUT2D eigenvalue weighted by molar-refractivity contribution is 5.89. The molecule has 1 aliphatic heterocycles. The predicted molar refractivity (Wildman–Crippen MR) is 148 cm³/mol. The highest BCUT2D eigenvalue weighted by atomic mass is 19.1. The monoisotopic (exact) mass is 533 g/mol. The highest BCUT2D eigenvalue weighted by Gasteiger charge is 2.50. The lowest BCUT2D eigenvalue weighted by Gasteiger charge is -2.54. The summed E-state index contributed by atoms with van der Waals surface area (Å²) in [4.78, 5) is 19.9. The van der Waals surface area contributed by atoms with Gasteiger partial charge in [-0.15, -0.1) is 0 Å². The van der Waals surface area contributed by atoms with Crippen molar-refractivity contribution in [3.63, 3.8) is 0 Å². The van der Waals surface area contributed by atoms with E-state index in [1.165, 1.54) is 16.9 Å². The van der Waals surface area contributed by atoms with E-state index in [1.807, 2.05) is 17.9 Å². The van der Waals surface area contributed by atoms with E-state index in [-0.39, 0.29) is 22.8 Å². The van der Waals surface area contributed by atoms with Gasteiger partial charge in [0.05, 0.1) is 23.0 Å². The van der Waals surface area contributed by atoms with Crippen LogP contribution >= 0.6 is 0 Å². The Kier molecular flexibility index (Phi) is 5.79. The second-order valence-corrected chi connectivity index (χ2v) is 13.1. The number of hydrogen-bond donors (Lipinski definition) is 1. The first kappa shape index (κ1) is 25.0. The standard InChI is InChI=1S/C30H40FN7O/c1-19-12-26(23-16-32-36(3)28(23)33-19)37-11-4-25-24(17-37)20(2)35-38(25)18-29-5-8-30(9-6-29,10-7-29)34-27(39)15-21-13-22(31)14-21/h12,16,21-22H,4-11,13-15,17-18H2,1-3H3,(H,34,39). The van der Waals surface area contributed by atoms with Gasteiger partial charge in [0.25, 0.3) is 0 Å². The molecule has 8 rings (SSSR count). The molecular formula is C30H40FN7O. The van der Waals surface area contributed by atoms with E-state index in [0.29, 0.717) is 19.3 Å². The average molecular weight is 534 g/mol. The van der Waals surface area contributed by atoms with Gasteiger partial charge < -0.3 is 10.2 Å². The van der Waals surface area contributed by atoms with Crippen LogP contribution in [0.1, 0.15) is 80.4 Å². The van der Waals surface area contributed by atoms with Crippen LogP contribution in [0.15, 0.2) is 12.3 Å². The third-order valence-corrected chi connectivity index (χ3v) is 10.4. The maximum absolute atomic E-state index is 13.2. The van der Waals surface area contributed by atoms with Gasteiger partial charge in [-0.1, -0.05) is 0 Å². The number of anilines is 1. The molecule has 4 fully saturated rings. The van der Waals surface area contributed by atoms with Crippen LogP contribution in [0.2, 0.25) is 0 Å². The number of nitrogens with one attached hydrogen (secondary N) is 1. The van der Waals surface area contributed by atoms with E-state index in [2.05, 4.69) is 39.9 Å². The zero-order chi connectivity index (χ0) is 26.9. The number of halogens is 1. The van der Waals surface area contributed by atoms with Gasteiger partial charge in [0.15, 0.2) is 5.65 Å². The minimum Gasteiger partial charge on any atom is -0.366 e. The Bertz CT molecular complexity index is 1410.